The minimum atomic E-state index is -1.18. The van der Waals surface area contributed by atoms with Gasteiger partial charge in [-0.05, 0) is 50.0 Å². The number of thioether (sulfide) groups is 1. The zero-order chi connectivity index (χ0) is 25.8. The van der Waals surface area contributed by atoms with E-state index in [-0.39, 0.29) is 30.8 Å². The van der Waals surface area contributed by atoms with E-state index in [0.29, 0.717) is 32.2 Å². The van der Waals surface area contributed by atoms with Crippen molar-refractivity contribution >= 4 is 41.4 Å². The molecule has 0 bridgehead atoms. The number of rotatable bonds is 14. The summed E-state index contributed by atoms with van der Waals surface area (Å²) in [6, 6.07) is -3.50. The van der Waals surface area contributed by atoms with Crippen LogP contribution in [0.3, 0.4) is 0 Å². The Morgan fingerprint density at radius 3 is 2.41 bits per heavy atom. The van der Waals surface area contributed by atoms with Gasteiger partial charge in [-0.15, -0.1) is 0 Å². The highest BCUT2D eigenvalue weighted by molar-refractivity contribution is 7.98. The van der Waals surface area contributed by atoms with Crippen molar-refractivity contribution in [2.75, 3.05) is 25.1 Å². The maximum Gasteiger partial charge on any atom is 0.326 e. The second kappa shape index (κ2) is 14.7. The average molecular weight is 502 g/mol. The molecule has 1 saturated heterocycles. The Labute approximate surface area is 204 Å². The van der Waals surface area contributed by atoms with Gasteiger partial charge in [-0.1, -0.05) is 13.8 Å². The fourth-order valence-electron chi connectivity index (χ4n) is 3.66. The van der Waals surface area contributed by atoms with Crippen LogP contribution < -0.4 is 27.8 Å². The number of nitrogens with one attached hydrogen (secondary N) is 2. The van der Waals surface area contributed by atoms with Gasteiger partial charge in [0.05, 0.1) is 6.04 Å². The molecule has 1 aliphatic heterocycles. The predicted octanol–water partition coefficient (Wildman–Crippen LogP) is -1.18. The molecule has 13 heteroatoms. The number of aliphatic imine (C=N–C) groups is 1. The third kappa shape index (κ3) is 9.37. The fraction of sp³-hybridized carbons (Fsp3) is 0.762. The normalized spacial score (nSPS) is 18.1. The summed E-state index contributed by atoms with van der Waals surface area (Å²) in [6.07, 6.45) is 3.91. The Kier molecular flexibility index (Phi) is 12.7. The molecule has 3 amide bonds. The number of hydrogen-bond donors (Lipinski definition) is 6. The number of carbonyl (C=O) groups is 4. The third-order valence-corrected chi connectivity index (χ3v) is 6.24. The molecule has 0 aliphatic carbocycles. The van der Waals surface area contributed by atoms with Crippen LogP contribution in [0.25, 0.3) is 0 Å². The molecule has 1 fully saturated rings. The van der Waals surface area contributed by atoms with Crippen LogP contribution in [-0.2, 0) is 19.2 Å². The van der Waals surface area contributed by atoms with E-state index in [0.717, 1.165) is 5.75 Å². The van der Waals surface area contributed by atoms with Crippen molar-refractivity contribution in [1.82, 2.24) is 15.5 Å². The van der Waals surface area contributed by atoms with Gasteiger partial charge in [0.15, 0.2) is 5.96 Å². The molecule has 0 saturated carbocycles. The van der Waals surface area contributed by atoms with E-state index in [1.54, 1.807) is 25.6 Å². The minimum Gasteiger partial charge on any atom is -0.480 e. The molecule has 4 atom stereocenters. The van der Waals surface area contributed by atoms with E-state index in [1.807, 2.05) is 6.26 Å². The van der Waals surface area contributed by atoms with Crippen LogP contribution in [-0.4, -0.2) is 88.9 Å². The Bertz CT molecular complexity index is 745. The lowest BCUT2D eigenvalue weighted by molar-refractivity contribution is -0.145. The molecule has 1 aliphatic rings. The first-order valence-corrected chi connectivity index (χ1v) is 12.8. The van der Waals surface area contributed by atoms with Crippen LogP contribution in [0.5, 0.6) is 0 Å². The van der Waals surface area contributed by atoms with Crippen LogP contribution in [0.1, 0.15) is 46.0 Å². The molecule has 0 aromatic rings. The molecule has 4 unspecified atom stereocenters. The Morgan fingerprint density at radius 1 is 1.18 bits per heavy atom. The highest BCUT2D eigenvalue weighted by Gasteiger charge is 2.39. The van der Waals surface area contributed by atoms with Crippen molar-refractivity contribution < 1.29 is 24.3 Å². The van der Waals surface area contributed by atoms with Crippen LogP contribution >= 0.6 is 11.8 Å². The van der Waals surface area contributed by atoms with E-state index in [2.05, 4.69) is 15.6 Å². The van der Waals surface area contributed by atoms with Crippen molar-refractivity contribution in [3.8, 4) is 0 Å². The zero-order valence-electron chi connectivity index (χ0n) is 20.2. The molecule has 0 aromatic heterocycles. The summed E-state index contributed by atoms with van der Waals surface area (Å²) in [6.45, 7) is 4.19. The van der Waals surface area contributed by atoms with Crippen molar-refractivity contribution in [2.24, 2.45) is 28.1 Å². The lowest BCUT2D eigenvalue weighted by atomic mass is 10.0. The molecule has 194 valence electrons. The zero-order valence-corrected chi connectivity index (χ0v) is 21.0. The number of likely N-dealkylation sites (tertiary alicyclic amines) is 1. The summed E-state index contributed by atoms with van der Waals surface area (Å²) in [7, 11) is 0. The maximum absolute atomic E-state index is 13.3. The number of amides is 3. The van der Waals surface area contributed by atoms with E-state index in [9.17, 15) is 24.3 Å². The van der Waals surface area contributed by atoms with Crippen molar-refractivity contribution in [3.63, 3.8) is 0 Å². The van der Waals surface area contributed by atoms with E-state index in [4.69, 9.17) is 17.2 Å². The van der Waals surface area contributed by atoms with Gasteiger partial charge in [-0.3, -0.25) is 19.4 Å². The summed E-state index contributed by atoms with van der Waals surface area (Å²) in [5.74, 6) is -2.10. The molecule has 34 heavy (non-hydrogen) atoms. The van der Waals surface area contributed by atoms with E-state index in [1.165, 1.54) is 4.90 Å². The second-order valence-corrected chi connectivity index (χ2v) is 9.64. The van der Waals surface area contributed by atoms with Gasteiger partial charge >= 0.3 is 5.97 Å². The van der Waals surface area contributed by atoms with Crippen LogP contribution in [0.15, 0.2) is 4.99 Å². The van der Waals surface area contributed by atoms with E-state index < -0.39 is 42.0 Å². The topological polar surface area (TPSA) is 206 Å². The molecule has 0 radical (unpaired) electrons. The number of hydrogen-bond acceptors (Lipinski definition) is 7. The van der Waals surface area contributed by atoms with Gasteiger partial charge in [0, 0.05) is 13.1 Å². The van der Waals surface area contributed by atoms with E-state index >= 15 is 0 Å². The van der Waals surface area contributed by atoms with Gasteiger partial charge in [0.1, 0.15) is 18.1 Å². The SMILES string of the molecule is CSCCC(N)C(=O)NC(C(=O)N1CCCC1C(=O)NC(CCCN=C(N)N)C(=O)O)C(C)C. The minimum absolute atomic E-state index is 0.0898. The quantitative estimate of drug-likeness (QED) is 0.0960. The summed E-state index contributed by atoms with van der Waals surface area (Å²) in [4.78, 5) is 55.5. The molecule has 1 heterocycles. The molecule has 0 spiro atoms. The Morgan fingerprint density at radius 2 is 1.85 bits per heavy atom. The number of nitrogens with zero attached hydrogens (tertiary/aromatic N) is 2. The molecular weight excluding hydrogens is 462 g/mol. The number of guanidine groups is 1. The summed E-state index contributed by atoms with van der Waals surface area (Å²) < 4.78 is 0. The highest BCUT2D eigenvalue weighted by Crippen LogP contribution is 2.21. The van der Waals surface area contributed by atoms with Gasteiger partial charge in [-0.2, -0.15) is 11.8 Å². The molecule has 1 rings (SSSR count). The van der Waals surface area contributed by atoms with Crippen molar-refractivity contribution in [3.05, 3.63) is 0 Å². The monoisotopic (exact) mass is 501 g/mol. The lowest BCUT2D eigenvalue weighted by Crippen LogP contribution is -2.58. The smallest absolute Gasteiger partial charge is 0.326 e. The predicted molar refractivity (Wildman–Crippen MR) is 132 cm³/mol. The van der Waals surface area contributed by atoms with Gasteiger partial charge in [0.25, 0.3) is 0 Å². The second-order valence-electron chi connectivity index (χ2n) is 8.66. The van der Waals surface area contributed by atoms with Gasteiger partial charge in [-0.25, -0.2) is 4.79 Å². The summed E-state index contributed by atoms with van der Waals surface area (Å²) in [5.41, 5.74) is 16.5. The lowest BCUT2D eigenvalue weighted by Gasteiger charge is -2.31. The fourth-order valence-corrected chi connectivity index (χ4v) is 4.15. The Hall–Kier alpha value is -2.54. The van der Waals surface area contributed by atoms with Gasteiger partial charge in [0.2, 0.25) is 17.7 Å². The molecular formula is C21H39N7O5S. The van der Waals surface area contributed by atoms with Crippen LogP contribution in [0.2, 0.25) is 0 Å². The molecule has 0 aromatic carbocycles. The number of carboxylic acid groups (broad SMARTS) is 1. The number of carboxylic acids is 1. The largest absolute Gasteiger partial charge is 0.480 e. The highest BCUT2D eigenvalue weighted by atomic mass is 32.2. The maximum atomic E-state index is 13.3. The van der Waals surface area contributed by atoms with Crippen molar-refractivity contribution in [2.45, 2.75) is 70.1 Å². The standard InChI is InChI=1S/C21H39N7O5S/c1-12(2)16(27-17(29)13(22)8-11-34-3)19(31)28-10-5-7-15(28)18(30)26-14(20(32)33)6-4-9-25-21(23)24/h12-16H,4-11,22H2,1-3H3,(H,26,30)(H,27,29)(H,32,33)(H4,23,24,25). The van der Waals surface area contributed by atoms with Gasteiger partial charge < -0.3 is 37.8 Å². The Balaban J connectivity index is 2.83. The molecule has 12 nitrogen and oxygen atoms in total. The number of aliphatic carboxylic acids is 1. The average Bonchev–Trinajstić information content (AvgIpc) is 3.26. The third-order valence-electron chi connectivity index (χ3n) is 5.60. The first-order chi connectivity index (χ1) is 16.0. The summed E-state index contributed by atoms with van der Waals surface area (Å²) >= 11 is 1.58. The van der Waals surface area contributed by atoms with Crippen LogP contribution in [0.4, 0.5) is 0 Å². The first-order valence-electron chi connectivity index (χ1n) is 11.4. The van der Waals surface area contributed by atoms with Crippen LogP contribution in [0, 0.1) is 5.92 Å². The summed E-state index contributed by atoms with van der Waals surface area (Å²) in [5, 5.41) is 14.8. The first kappa shape index (κ1) is 29.5. The number of nitrogens with two attached hydrogens (primary N) is 3. The van der Waals surface area contributed by atoms with Crippen molar-refractivity contribution in [1.29, 1.82) is 0 Å². The number of carbonyl (C=O) groups excluding carboxylic acids is 3. The molecule has 9 N–H and O–H groups in total.